The number of nitrogens with zero attached hydrogens (tertiary/aromatic N) is 4. The lowest BCUT2D eigenvalue weighted by Gasteiger charge is -2.12. The fourth-order valence-electron chi connectivity index (χ4n) is 1.26. The molecule has 1 aromatic heterocycles. The van der Waals surface area contributed by atoms with Gasteiger partial charge >= 0.3 is 5.82 Å². The molecule has 0 aliphatic carbocycles. The lowest BCUT2D eigenvalue weighted by Crippen LogP contribution is -2.12. The SMILES string of the molecule is CC(C)(C#N)CCn1cc(S(=O)(=O)Cl)c([N+](=O)[O-])n1. The van der Waals surface area contributed by atoms with E-state index >= 15 is 0 Å². The maximum atomic E-state index is 11.2. The zero-order valence-electron chi connectivity index (χ0n) is 10.2. The van der Waals surface area contributed by atoms with Crippen LogP contribution in [0.25, 0.3) is 0 Å². The molecule has 0 aromatic carbocycles. The number of nitro groups is 1. The van der Waals surface area contributed by atoms with Crippen molar-refractivity contribution < 1.29 is 13.3 Å². The van der Waals surface area contributed by atoms with Crippen molar-refractivity contribution in [3.63, 3.8) is 0 Å². The third-order valence-electron chi connectivity index (χ3n) is 2.41. The van der Waals surface area contributed by atoms with Gasteiger partial charge in [0.2, 0.25) is 4.90 Å². The molecule has 0 saturated carbocycles. The summed E-state index contributed by atoms with van der Waals surface area (Å²) in [7, 11) is 0.866. The molecule has 0 unspecified atom stereocenters. The van der Waals surface area contributed by atoms with Crippen molar-refractivity contribution in [2.75, 3.05) is 0 Å². The van der Waals surface area contributed by atoms with Crippen LogP contribution in [0, 0.1) is 26.9 Å². The van der Waals surface area contributed by atoms with Crippen molar-refractivity contribution in [1.82, 2.24) is 9.78 Å². The van der Waals surface area contributed by atoms with E-state index in [1.54, 1.807) is 13.8 Å². The molecule has 19 heavy (non-hydrogen) atoms. The van der Waals surface area contributed by atoms with Crippen molar-refractivity contribution in [3.8, 4) is 6.07 Å². The Morgan fingerprint density at radius 3 is 2.58 bits per heavy atom. The summed E-state index contributed by atoms with van der Waals surface area (Å²) in [6, 6.07) is 2.07. The minimum Gasteiger partial charge on any atom is -0.358 e. The zero-order chi connectivity index (χ0) is 14.8. The Kier molecular flexibility index (Phi) is 4.17. The van der Waals surface area contributed by atoms with Crippen molar-refractivity contribution >= 4 is 25.6 Å². The van der Waals surface area contributed by atoms with Gasteiger partial charge in [0.1, 0.15) is 0 Å². The molecule has 0 saturated heterocycles. The highest BCUT2D eigenvalue weighted by molar-refractivity contribution is 8.13. The molecule has 0 fully saturated rings. The monoisotopic (exact) mass is 306 g/mol. The van der Waals surface area contributed by atoms with Gasteiger partial charge in [0.15, 0.2) is 0 Å². The van der Waals surface area contributed by atoms with Crippen molar-refractivity contribution in [3.05, 3.63) is 16.3 Å². The van der Waals surface area contributed by atoms with E-state index in [0.717, 1.165) is 10.9 Å². The van der Waals surface area contributed by atoms with Crippen molar-refractivity contribution in [1.29, 1.82) is 5.26 Å². The maximum absolute atomic E-state index is 11.2. The predicted molar refractivity (Wildman–Crippen MR) is 65.9 cm³/mol. The summed E-state index contributed by atoms with van der Waals surface area (Å²) < 4.78 is 23.5. The summed E-state index contributed by atoms with van der Waals surface area (Å²) >= 11 is 0. The van der Waals surface area contributed by atoms with Crippen LogP contribution in [-0.2, 0) is 15.6 Å². The van der Waals surface area contributed by atoms with E-state index in [0.29, 0.717) is 6.42 Å². The predicted octanol–water partition coefficient (Wildman–Crippen LogP) is 1.66. The third kappa shape index (κ3) is 3.90. The quantitative estimate of drug-likeness (QED) is 0.463. The van der Waals surface area contributed by atoms with Gasteiger partial charge in [-0.2, -0.15) is 9.94 Å². The van der Waals surface area contributed by atoms with Gasteiger partial charge < -0.3 is 10.1 Å². The summed E-state index contributed by atoms with van der Waals surface area (Å²) in [5, 5.41) is 23.1. The summed E-state index contributed by atoms with van der Waals surface area (Å²) in [4.78, 5) is 9.13. The average Bonchev–Trinajstić information content (AvgIpc) is 2.70. The molecule has 10 heteroatoms. The number of rotatable bonds is 5. The Bertz CT molecular complexity index is 644. The van der Waals surface area contributed by atoms with Gasteiger partial charge in [-0.3, -0.25) is 0 Å². The molecular formula is C9H11ClN4O4S. The van der Waals surface area contributed by atoms with E-state index in [4.69, 9.17) is 15.9 Å². The third-order valence-corrected chi connectivity index (χ3v) is 3.73. The first-order valence-corrected chi connectivity index (χ1v) is 7.45. The molecule has 1 rings (SSSR count). The Morgan fingerprint density at radius 2 is 2.21 bits per heavy atom. The standard InChI is InChI=1S/C9H11ClN4O4S/c1-9(2,6-11)3-4-13-5-7(19(10,17)18)8(12-13)14(15)16/h5H,3-4H2,1-2H3. The van der Waals surface area contributed by atoms with E-state index < -0.39 is 30.1 Å². The van der Waals surface area contributed by atoms with Crippen LogP contribution in [0.2, 0.25) is 0 Å². The van der Waals surface area contributed by atoms with E-state index in [9.17, 15) is 18.5 Å². The lowest BCUT2D eigenvalue weighted by molar-refractivity contribution is -0.392. The molecule has 0 spiro atoms. The smallest absolute Gasteiger partial charge is 0.358 e. The van der Waals surface area contributed by atoms with E-state index in [-0.39, 0.29) is 6.54 Å². The number of hydrogen-bond donors (Lipinski definition) is 0. The summed E-state index contributed by atoms with van der Waals surface area (Å²) in [5.74, 6) is -0.815. The van der Waals surface area contributed by atoms with Crippen LogP contribution in [0.3, 0.4) is 0 Å². The Morgan fingerprint density at radius 1 is 1.63 bits per heavy atom. The first-order chi connectivity index (χ1) is 8.57. The number of hydrogen-bond acceptors (Lipinski definition) is 6. The second-order valence-electron chi connectivity index (χ2n) is 4.52. The summed E-state index contributed by atoms with van der Waals surface area (Å²) in [6.45, 7) is 3.57. The van der Waals surface area contributed by atoms with Gasteiger partial charge in [-0.05, 0) is 25.2 Å². The van der Waals surface area contributed by atoms with Gasteiger partial charge in [0.05, 0.1) is 29.3 Å². The molecule has 0 N–H and O–H groups in total. The molecule has 1 heterocycles. The molecule has 0 amide bonds. The molecule has 0 aliphatic rings. The largest absolute Gasteiger partial charge is 0.410 e. The van der Waals surface area contributed by atoms with Gasteiger partial charge in [-0.1, -0.05) is 0 Å². The summed E-state index contributed by atoms with van der Waals surface area (Å²) in [6.07, 6.45) is 1.36. The van der Waals surface area contributed by atoms with Crippen molar-refractivity contribution in [2.45, 2.75) is 31.7 Å². The highest BCUT2D eigenvalue weighted by atomic mass is 35.7. The topological polar surface area (TPSA) is 119 Å². The molecule has 1 aromatic rings. The first kappa shape index (κ1) is 15.4. The van der Waals surface area contributed by atoms with E-state index in [2.05, 4.69) is 11.2 Å². The molecule has 0 radical (unpaired) electrons. The second kappa shape index (κ2) is 5.14. The molecule has 0 bridgehead atoms. The van der Waals surface area contributed by atoms with Crippen LogP contribution in [0.5, 0.6) is 0 Å². The van der Waals surface area contributed by atoms with Crippen LogP contribution in [0.15, 0.2) is 11.1 Å². The molecule has 0 aliphatic heterocycles. The minimum absolute atomic E-state index is 0.174. The zero-order valence-corrected chi connectivity index (χ0v) is 11.8. The van der Waals surface area contributed by atoms with Crippen molar-refractivity contribution in [2.24, 2.45) is 5.41 Å². The van der Waals surface area contributed by atoms with Crippen LogP contribution in [-0.4, -0.2) is 23.1 Å². The van der Waals surface area contributed by atoms with Gasteiger partial charge in [-0.15, -0.1) is 0 Å². The number of aryl methyl sites for hydroxylation is 1. The molecule has 104 valence electrons. The first-order valence-electron chi connectivity index (χ1n) is 5.14. The van der Waals surface area contributed by atoms with Gasteiger partial charge in [-0.25, -0.2) is 8.42 Å². The van der Waals surface area contributed by atoms with Crippen LogP contribution in [0.1, 0.15) is 20.3 Å². The highest BCUT2D eigenvalue weighted by Crippen LogP contribution is 2.26. The molecule has 8 nitrogen and oxygen atoms in total. The Balaban J connectivity index is 3.08. The Hall–Kier alpha value is -1.66. The number of halogens is 1. The fourth-order valence-corrected chi connectivity index (χ4v) is 2.16. The minimum atomic E-state index is -4.23. The second-order valence-corrected chi connectivity index (χ2v) is 7.06. The normalized spacial score (nSPS) is 12.1. The summed E-state index contributed by atoms with van der Waals surface area (Å²) in [5.41, 5.74) is -0.638. The number of nitriles is 1. The Labute approximate surface area is 114 Å². The van der Waals surface area contributed by atoms with Crippen LogP contribution >= 0.6 is 10.7 Å². The highest BCUT2D eigenvalue weighted by Gasteiger charge is 2.30. The van der Waals surface area contributed by atoms with Crippen LogP contribution in [0.4, 0.5) is 5.82 Å². The lowest BCUT2D eigenvalue weighted by atomic mass is 9.92. The molecular weight excluding hydrogens is 296 g/mol. The molecule has 0 atom stereocenters. The van der Waals surface area contributed by atoms with Gasteiger partial charge in [0, 0.05) is 10.7 Å². The number of aromatic nitrogens is 2. The van der Waals surface area contributed by atoms with Gasteiger partial charge in [0.25, 0.3) is 9.05 Å². The van der Waals surface area contributed by atoms with E-state index in [1.807, 2.05) is 0 Å². The maximum Gasteiger partial charge on any atom is 0.410 e. The average molecular weight is 307 g/mol. The van der Waals surface area contributed by atoms with Crippen LogP contribution < -0.4 is 0 Å². The fraction of sp³-hybridized carbons (Fsp3) is 0.556. The van der Waals surface area contributed by atoms with E-state index in [1.165, 1.54) is 0 Å².